The summed E-state index contributed by atoms with van der Waals surface area (Å²) in [5.41, 5.74) is 3.38. The molecule has 10 nitrogen and oxygen atoms in total. The van der Waals surface area contributed by atoms with Gasteiger partial charge in [-0.25, -0.2) is 4.79 Å². The molecule has 0 atom stereocenters. The summed E-state index contributed by atoms with van der Waals surface area (Å²) < 4.78 is 5.45. The highest BCUT2D eigenvalue weighted by molar-refractivity contribution is 5.92. The first-order valence-corrected chi connectivity index (χ1v) is 11.4. The van der Waals surface area contributed by atoms with E-state index < -0.39 is 23.4 Å². The summed E-state index contributed by atoms with van der Waals surface area (Å²) in [6.45, 7) is 3.59. The SMILES string of the molecule is CCC(CC)(CNC(=O)c1nc(NC(=O)OCC2c3ccccc3-c3ccccc32)n[nH]1)C(=O)O. The van der Waals surface area contributed by atoms with E-state index in [1.165, 1.54) is 0 Å². The smallest absolute Gasteiger partial charge is 0.414 e. The van der Waals surface area contributed by atoms with Crippen molar-refractivity contribution < 1.29 is 24.2 Å². The van der Waals surface area contributed by atoms with Crippen molar-refractivity contribution in [3.05, 3.63) is 65.5 Å². The van der Waals surface area contributed by atoms with Crippen LogP contribution in [0.4, 0.5) is 10.7 Å². The van der Waals surface area contributed by atoms with Crippen molar-refractivity contribution in [1.29, 1.82) is 0 Å². The number of hydrogen-bond donors (Lipinski definition) is 4. The molecule has 1 heterocycles. The Balaban J connectivity index is 1.34. The number of nitrogens with zero attached hydrogens (tertiary/aromatic N) is 2. The van der Waals surface area contributed by atoms with Gasteiger partial charge in [-0.2, -0.15) is 4.98 Å². The molecule has 0 unspecified atom stereocenters. The molecule has 4 N–H and O–H groups in total. The predicted molar refractivity (Wildman–Crippen MR) is 128 cm³/mol. The number of ether oxygens (including phenoxy) is 1. The van der Waals surface area contributed by atoms with Gasteiger partial charge in [-0.15, -0.1) is 5.10 Å². The minimum Gasteiger partial charge on any atom is -0.481 e. The highest BCUT2D eigenvalue weighted by Crippen LogP contribution is 2.44. The molecule has 0 fully saturated rings. The fourth-order valence-corrected chi connectivity index (χ4v) is 4.36. The molecule has 35 heavy (non-hydrogen) atoms. The Morgan fingerprint density at radius 3 is 2.20 bits per heavy atom. The number of hydrogen-bond acceptors (Lipinski definition) is 6. The van der Waals surface area contributed by atoms with E-state index in [1.54, 1.807) is 13.8 Å². The number of fused-ring (bicyclic) bond motifs is 3. The first-order chi connectivity index (χ1) is 16.9. The quantitative estimate of drug-likeness (QED) is 0.367. The largest absolute Gasteiger partial charge is 0.481 e. The molecule has 2 aromatic carbocycles. The van der Waals surface area contributed by atoms with Crippen LogP contribution in [-0.4, -0.2) is 51.4 Å². The second-order valence-electron chi connectivity index (χ2n) is 8.43. The molecule has 4 rings (SSSR count). The van der Waals surface area contributed by atoms with Crippen molar-refractivity contribution in [2.24, 2.45) is 5.41 Å². The number of aromatic amines is 1. The van der Waals surface area contributed by atoms with Gasteiger partial charge < -0.3 is 15.2 Å². The highest BCUT2D eigenvalue weighted by atomic mass is 16.5. The topological polar surface area (TPSA) is 146 Å². The molecule has 0 spiro atoms. The zero-order valence-corrected chi connectivity index (χ0v) is 19.5. The van der Waals surface area contributed by atoms with Crippen molar-refractivity contribution in [3.8, 4) is 11.1 Å². The lowest BCUT2D eigenvalue weighted by Crippen LogP contribution is -2.42. The molecule has 1 aliphatic carbocycles. The van der Waals surface area contributed by atoms with Crippen molar-refractivity contribution in [3.63, 3.8) is 0 Å². The zero-order valence-electron chi connectivity index (χ0n) is 19.5. The van der Waals surface area contributed by atoms with Crippen LogP contribution < -0.4 is 10.6 Å². The average Bonchev–Trinajstić information content (AvgIpc) is 3.46. The number of aromatic nitrogens is 3. The summed E-state index contributed by atoms with van der Waals surface area (Å²) >= 11 is 0. The van der Waals surface area contributed by atoms with E-state index in [4.69, 9.17) is 4.74 Å². The van der Waals surface area contributed by atoms with Crippen molar-refractivity contribution in [1.82, 2.24) is 20.5 Å². The van der Waals surface area contributed by atoms with E-state index in [0.29, 0.717) is 12.8 Å². The molecule has 10 heteroatoms. The molecule has 2 amide bonds. The third-order valence-corrected chi connectivity index (χ3v) is 6.65. The summed E-state index contributed by atoms with van der Waals surface area (Å²) in [5.74, 6) is -1.95. The van der Waals surface area contributed by atoms with Crippen LogP contribution in [0.2, 0.25) is 0 Å². The van der Waals surface area contributed by atoms with Gasteiger partial charge in [0.25, 0.3) is 11.9 Å². The molecule has 0 saturated carbocycles. The van der Waals surface area contributed by atoms with Gasteiger partial charge in [-0.05, 0) is 35.1 Å². The van der Waals surface area contributed by atoms with Gasteiger partial charge >= 0.3 is 12.1 Å². The molecule has 0 saturated heterocycles. The highest BCUT2D eigenvalue weighted by Gasteiger charge is 2.35. The fourth-order valence-electron chi connectivity index (χ4n) is 4.36. The monoisotopic (exact) mass is 477 g/mol. The van der Waals surface area contributed by atoms with Gasteiger partial charge in [-0.1, -0.05) is 62.4 Å². The van der Waals surface area contributed by atoms with Crippen molar-refractivity contribution >= 4 is 23.9 Å². The normalized spacial score (nSPS) is 12.5. The Morgan fingerprint density at radius 2 is 1.63 bits per heavy atom. The lowest BCUT2D eigenvalue weighted by molar-refractivity contribution is -0.149. The van der Waals surface area contributed by atoms with Crippen LogP contribution in [0.5, 0.6) is 0 Å². The predicted octanol–water partition coefficient (Wildman–Crippen LogP) is 3.79. The number of H-pyrrole nitrogens is 1. The Bertz CT molecular complexity index is 1200. The number of carboxylic acids is 1. The Kier molecular flexibility index (Phi) is 6.81. The Labute approximate surface area is 202 Å². The van der Waals surface area contributed by atoms with Crippen LogP contribution in [0.1, 0.15) is 54.4 Å². The average molecular weight is 478 g/mol. The molecular weight excluding hydrogens is 450 g/mol. The van der Waals surface area contributed by atoms with Crippen LogP contribution in [0.3, 0.4) is 0 Å². The first kappa shape index (κ1) is 23.9. The van der Waals surface area contributed by atoms with Gasteiger partial charge in [-0.3, -0.25) is 20.0 Å². The maximum absolute atomic E-state index is 12.4. The van der Waals surface area contributed by atoms with Crippen LogP contribution in [0.25, 0.3) is 11.1 Å². The summed E-state index contributed by atoms with van der Waals surface area (Å²) in [5, 5.41) is 20.8. The number of nitrogens with one attached hydrogen (secondary N) is 3. The standard InChI is InChI=1S/C25H27N5O5/c1-3-25(4-2,22(32)33)14-26-21(31)20-27-23(30-29-20)28-24(34)35-13-19-17-11-7-5-9-15(17)16-10-6-8-12-18(16)19/h5-12,19H,3-4,13-14H2,1-2H3,(H,26,31)(H,32,33)(H2,27,28,29,30,34). The molecule has 3 aromatic rings. The second kappa shape index (κ2) is 9.96. The van der Waals surface area contributed by atoms with Gasteiger partial charge in [0.2, 0.25) is 5.82 Å². The number of amides is 2. The lowest BCUT2D eigenvalue weighted by Gasteiger charge is -2.26. The zero-order chi connectivity index (χ0) is 25.0. The molecule has 0 radical (unpaired) electrons. The van der Waals surface area contributed by atoms with Crippen LogP contribution in [0, 0.1) is 5.41 Å². The molecule has 0 bridgehead atoms. The summed E-state index contributed by atoms with van der Waals surface area (Å²) in [6.07, 6.45) is -0.0199. The van der Waals surface area contributed by atoms with E-state index in [1.807, 2.05) is 36.4 Å². The van der Waals surface area contributed by atoms with Gasteiger partial charge in [0, 0.05) is 12.5 Å². The second-order valence-corrected chi connectivity index (χ2v) is 8.43. The molecular formula is C25H27N5O5. The summed E-state index contributed by atoms with van der Waals surface area (Å²) in [6, 6.07) is 16.0. The molecule has 0 aliphatic heterocycles. The van der Waals surface area contributed by atoms with Crippen molar-refractivity contribution in [2.45, 2.75) is 32.6 Å². The maximum Gasteiger partial charge on any atom is 0.414 e. The van der Waals surface area contributed by atoms with Crippen LogP contribution >= 0.6 is 0 Å². The maximum atomic E-state index is 12.4. The number of anilines is 1. The number of benzene rings is 2. The number of aliphatic carboxylic acids is 1. The minimum atomic E-state index is -1.06. The van der Waals surface area contributed by atoms with E-state index in [2.05, 4.69) is 37.9 Å². The van der Waals surface area contributed by atoms with Gasteiger partial charge in [0.1, 0.15) is 6.61 Å². The Morgan fingerprint density at radius 1 is 1.03 bits per heavy atom. The van der Waals surface area contributed by atoms with E-state index in [-0.39, 0.29) is 30.8 Å². The number of rotatable bonds is 9. The van der Waals surface area contributed by atoms with Gasteiger partial charge in [0.15, 0.2) is 0 Å². The first-order valence-electron chi connectivity index (χ1n) is 11.4. The summed E-state index contributed by atoms with van der Waals surface area (Å²) in [4.78, 5) is 40.3. The van der Waals surface area contributed by atoms with E-state index in [0.717, 1.165) is 22.3 Å². The van der Waals surface area contributed by atoms with Gasteiger partial charge in [0.05, 0.1) is 5.41 Å². The van der Waals surface area contributed by atoms with Crippen LogP contribution in [-0.2, 0) is 9.53 Å². The van der Waals surface area contributed by atoms with Crippen molar-refractivity contribution in [2.75, 3.05) is 18.5 Å². The lowest BCUT2D eigenvalue weighted by atomic mass is 9.82. The fraction of sp³-hybridized carbons (Fsp3) is 0.320. The third kappa shape index (κ3) is 4.72. The molecule has 1 aromatic heterocycles. The molecule has 182 valence electrons. The summed E-state index contributed by atoms with van der Waals surface area (Å²) in [7, 11) is 0. The van der Waals surface area contributed by atoms with E-state index >= 15 is 0 Å². The minimum absolute atomic E-state index is 0.0516. The molecule has 1 aliphatic rings. The number of carbonyl (C=O) groups excluding carboxylic acids is 2. The third-order valence-electron chi connectivity index (χ3n) is 6.65. The number of carboxylic acid groups (broad SMARTS) is 1. The Hall–Kier alpha value is -4.21. The van der Waals surface area contributed by atoms with E-state index in [9.17, 15) is 19.5 Å². The number of carbonyl (C=O) groups is 3. The van der Waals surface area contributed by atoms with Crippen LogP contribution in [0.15, 0.2) is 48.5 Å².